The fourth-order valence-corrected chi connectivity index (χ4v) is 6.89. The molecule has 2 aliphatic heterocycles. The van der Waals surface area contributed by atoms with Gasteiger partial charge in [0.15, 0.2) is 0 Å². The number of nitrogens with zero attached hydrogens (tertiary/aromatic N) is 2. The van der Waals surface area contributed by atoms with Crippen molar-refractivity contribution in [1.29, 1.82) is 0 Å². The molecule has 0 amide bonds. The van der Waals surface area contributed by atoms with Gasteiger partial charge in [0, 0.05) is 68.4 Å². The van der Waals surface area contributed by atoms with E-state index in [1.807, 2.05) is 12.3 Å². The van der Waals surface area contributed by atoms with Gasteiger partial charge in [-0.15, -0.1) is 0 Å². The molecule has 1 fully saturated rings. The molecule has 0 saturated carbocycles. The third kappa shape index (κ3) is 5.20. The first kappa shape index (κ1) is 24.0. The fraction of sp³-hybridized carbons (Fsp3) is 0.214. The molecule has 0 atom stereocenters. The summed E-state index contributed by atoms with van der Waals surface area (Å²) in [6.07, 6.45) is 3.55. The second-order valence-electron chi connectivity index (χ2n) is 8.80. The normalized spacial score (nSPS) is 14.6. The van der Waals surface area contributed by atoms with Crippen LogP contribution in [0, 0.1) is 0 Å². The van der Waals surface area contributed by atoms with Crippen LogP contribution in [0.1, 0.15) is 5.56 Å². The number of morpholine rings is 1. The number of nitrogens with one attached hydrogen (secondary N) is 2. The fourth-order valence-electron chi connectivity index (χ4n) is 4.48. The molecule has 0 bridgehead atoms. The molecule has 2 aromatic carbocycles. The zero-order valence-corrected chi connectivity index (χ0v) is 22.0. The molecule has 2 aliphatic rings. The molecular formula is C28H26N4O3S2. The zero-order valence-electron chi connectivity index (χ0n) is 20.3. The highest BCUT2D eigenvalue weighted by Crippen LogP contribution is 2.52. The van der Waals surface area contributed by atoms with Crippen LogP contribution in [0.2, 0.25) is 0 Å². The van der Waals surface area contributed by atoms with Gasteiger partial charge in [0.25, 0.3) is 0 Å². The molecule has 188 valence electrons. The monoisotopic (exact) mass is 530 g/mol. The van der Waals surface area contributed by atoms with Crippen LogP contribution in [-0.2, 0) is 11.3 Å². The van der Waals surface area contributed by atoms with E-state index in [2.05, 4.69) is 62.6 Å². The van der Waals surface area contributed by atoms with Gasteiger partial charge in [-0.2, -0.15) is 0 Å². The van der Waals surface area contributed by atoms with Gasteiger partial charge >= 0.3 is 0 Å². The number of hydrogen-bond acceptors (Lipinski definition) is 8. The number of H-pyrrole nitrogens is 1. The lowest BCUT2D eigenvalue weighted by atomic mass is 10.1. The van der Waals surface area contributed by atoms with Crippen molar-refractivity contribution in [2.24, 2.45) is 0 Å². The van der Waals surface area contributed by atoms with Gasteiger partial charge in [0.1, 0.15) is 5.75 Å². The molecule has 37 heavy (non-hydrogen) atoms. The van der Waals surface area contributed by atoms with Gasteiger partial charge in [-0.05, 0) is 42.0 Å². The van der Waals surface area contributed by atoms with E-state index in [0.717, 1.165) is 51.9 Å². The minimum absolute atomic E-state index is 0.0904. The van der Waals surface area contributed by atoms with E-state index in [4.69, 9.17) is 9.47 Å². The average molecular weight is 531 g/mol. The van der Waals surface area contributed by atoms with Gasteiger partial charge in [-0.3, -0.25) is 9.78 Å². The van der Waals surface area contributed by atoms with Crippen LogP contribution in [0.3, 0.4) is 0 Å². The topological polar surface area (TPSA) is 79.5 Å². The van der Waals surface area contributed by atoms with E-state index < -0.39 is 0 Å². The summed E-state index contributed by atoms with van der Waals surface area (Å²) in [5, 5.41) is 3.50. The minimum atomic E-state index is -0.0904. The van der Waals surface area contributed by atoms with Crippen molar-refractivity contribution >= 4 is 34.9 Å². The lowest BCUT2D eigenvalue weighted by Gasteiger charge is -2.29. The summed E-state index contributed by atoms with van der Waals surface area (Å²) in [7, 11) is 1.65. The Morgan fingerprint density at radius 2 is 1.92 bits per heavy atom. The maximum absolute atomic E-state index is 12.6. The van der Waals surface area contributed by atoms with Gasteiger partial charge in [-0.25, -0.2) is 0 Å². The van der Waals surface area contributed by atoms with E-state index >= 15 is 0 Å². The van der Waals surface area contributed by atoms with Gasteiger partial charge in [0.05, 0.1) is 32.2 Å². The van der Waals surface area contributed by atoms with Crippen LogP contribution < -0.4 is 20.5 Å². The van der Waals surface area contributed by atoms with Gasteiger partial charge < -0.3 is 24.7 Å². The summed E-state index contributed by atoms with van der Waals surface area (Å²) < 4.78 is 10.8. The molecule has 0 unspecified atom stereocenters. The number of methoxy groups -OCH3 is 1. The first-order valence-corrected chi connectivity index (χ1v) is 13.7. The molecule has 4 heterocycles. The second kappa shape index (κ2) is 10.5. The predicted octanol–water partition coefficient (Wildman–Crippen LogP) is 5.51. The van der Waals surface area contributed by atoms with Crippen LogP contribution in [-0.4, -0.2) is 43.4 Å². The largest absolute Gasteiger partial charge is 0.495 e. The summed E-state index contributed by atoms with van der Waals surface area (Å²) in [6, 6.07) is 18.5. The molecule has 2 aromatic heterocycles. The van der Waals surface area contributed by atoms with Crippen LogP contribution >= 0.6 is 23.5 Å². The highest BCUT2D eigenvalue weighted by molar-refractivity contribution is 8.05. The van der Waals surface area contributed by atoms with E-state index in [9.17, 15) is 4.79 Å². The quantitative estimate of drug-likeness (QED) is 0.298. The summed E-state index contributed by atoms with van der Waals surface area (Å²) in [4.78, 5) is 26.9. The Morgan fingerprint density at radius 1 is 1.03 bits per heavy atom. The third-order valence-corrected chi connectivity index (χ3v) is 8.95. The van der Waals surface area contributed by atoms with E-state index in [-0.39, 0.29) is 5.56 Å². The highest BCUT2D eigenvalue weighted by atomic mass is 32.2. The molecule has 6 rings (SSSR count). The van der Waals surface area contributed by atoms with Crippen molar-refractivity contribution in [2.75, 3.05) is 43.6 Å². The number of pyridine rings is 2. The summed E-state index contributed by atoms with van der Waals surface area (Å²) >= 11 is 3.51. The van der Waals surface area contributed by atoms with Crippen LogP contribution in [0.25, 0.3) is 11.3 Å². The lowest BCUT2D eigenvalue weighted by Crippen LogP contribution is -2.36. The Kier molecular flexibility index (Phi) is 6.82. The summed E-state index contributed by atoms with van der Waals surface area (Å²) in [6.45, 7) is 3.60. The molecule has 7 nitrogen and oxygen atoms in total. The Hall–Kier alpha value is -3.40. The van der Waals surface area contributed by atoms with Crippen LogP contribution in [0.4, 0.5) is 11.4 Å². The summed E-state index contributed by atoms with van der Waals surface area (Å²) in [5.41, 5.74) is 4.84. The van der Waals surface area contributed by atoms with Crippen molar-refractivity contribution in [1.82, 2.24) is 9.97 Å². The number of ether oxygens (including phenoxy) is 2. The standard InChI is InChI=1S/C28H26N4O3S2/c1-34-21-11-18(15-29-17-21)16-30-19-5-6-24-26(12-19)36-25-4-2-3-22(28(25)37-24)23-13-20(14-27(33)31-23)32-7-9-35-10-8-32/h2-6,11-15,17,30H,7-10,16H2,1H3,(H,31,33). The van der Waals surface area contributed by atoms with E-state index in [1.54, 1.807) is 42.9 Å². The smallest absolute Gasteiger partial charge is 0.250 e. The first-order valence-electron chi connectivity index (χ1n) is 12.1. The summed E-state index contributed by atoms with van der Waals surface area (Å²) in [5.74, 6) is 0.751. The molecule has 0 spiro atoms. The lowest BCUT2D eigenvalue weighted by molar-refractivity contribution is 0.122. The van der Waals surface area contributed by atoms with Crippen molar-refractivity contribution in [3.8, 4) is 17.0 Å². The van der Waals surface area contributed by atoms with Crippen molar-refractivity contribution in [3.05, 3.63) is 82.9 Å². The Labute approximate surface area is 223 Å². The maximum atomic E-state index is 12.6. The van der Waals surface area contributed by atoms with Crippen molar-refractivity contribution in [2.45, 2.75) is 26.1 Å². The Morgan fingerprint density at radius 3 is 2.78 bits per heavy atom. The molecular weight excluding hydrogens is 504 g/mol. The number of rotatable bonds is 6. The number of fused-ring (bicyclic) bond motifs is 2. The van der Waals surface area contributed by atoms with E-state index in [1.165, 1.54) is 14.7 Å². The molecule has 0 radical (unpaired) electrons. The Balaban J connectivity index is 1.25. The number of aromatic amines is 1. The minimum Gasteiger partial charge on any atom is -0.495 e. The number of benzene rings is 2. The molecule has 9 heteroatoms. The third-order valence-electron chi connectivity index (χ3n) is 6.35. The maximum Gasteiger partial charge on any atom is 0.250 e. The second-order valence-corrected chi connectivity index (χ2v) is 10.9. The molecule has 1 saturated heterocycles. The number of aromatic nitrogens is 2. The molecule has 0 aliphatic carbocycles. The van der Waals surface area contributed by atoms with Crippen LogP contribution in [0.5, 0.6) is 5.75 Å². The number of hydrogen-bond donors (Lipinski definition) is 2. The SMILES string of the molecule is COc1cncc(CNc2ccc3c(c2)Sc2cccc(-c4cc(N5CCOCC5)cc(=O)[nH]4)c2S3)c1. The first-order chi connectivity index (χ1) is 18.2. The van der Waals surface area contributed by atoms with Gasteiger partial charge in [-0.1, -0.05) is 35.7 Å². The van der Waals surface area contributed by atoms with Gasteiger partial charge in [0.2, 0.25) is 5.56 Å². The predicted molar refractivity (Wildman–Crippen MR) is 148 cm³/mol. The highest BCUT2D eigenvalue weighted by Gasteiger charge is 2.22. The van der Waals surface area contributed by atoms with Crippen LogP contribution in [0.15, 0.2) is 91.4 Å². The zero-order chi connectivity index (χ0) is 25.2. The molecule has 4 aromatic rings. The number of anilines is 2. The van der Waals surface area contributed by atoms with Crippen molar-refractivity contribution in [3.63, 3.8) is 0 Å². The Bertz CT molecular complexity index is 1500. The van der Waals surface area contributed by atoms with E-state index in [0.29, 0.717) is 19.8 Å². The van der Waals surface area contributed by atoms with Crippen molar-refractivity contribution < 1.29 is 9.47 Å². The average Bonchev–Trinajstić information content (AvgIpc) is 2.95. The molecule has 2 N–H and O–H groups in total.